The van der Waals surface area contributed by atoms with E-state index in [1.165, 1.54) is 0 Å². The van der Waals surface area contributed by atoms with Gasteiger partial charge in [-0.05, 0) is 12.1 Å². The lowest BCUT2D eigenvalue weighted by Crippen LogP contribution is -2.21. The Morgan fingerprint density at radius 1 is 0.552 bits per heavy atom. The summed E-state index contributed by atoms with van der Waals surface area (Å²) in [6.07, 6.45) is -16.2. The van der Waals surface area contributed by atoms with Gasteiger partial charge in [0.25, 0.3) is 0 Å². The molecule has 0 spiro atoms. The molecule has 0 atom stereocenters. The highest BCUT2D eigenvalue weighted by Crippen LogP contribution is 2.48. The van der Waals surface area contributed by atoms with Gasteiger partial charge in [0.05, 0.1) is 5.56 Å². The Labute approximate surface area is 155 Å². The third-order valence-corrected chi connectivity index (χ3v) is 3.04. The average molecular weight is 436 g/mol. The van der Waals surface area contributed by atoms with Gasteiger partial charge in [-0.3, -0.25) is 0 Å². The Morgan fingerprint density at radius 2 is 0.931 bits per heavy atom. The molecule has 0 bridgehead atoms. The van der Waals surface area contributed by atoms with Gasteiger partial charge in [0.1, 0.15) is 17.2 Å². The molecule has 2 aromatic carbocycles. The van der Waals surface area contributed by atoms with Gasteiger partial charge in [-0.2, -0.15) is 0 Å². The van der Waals surface area contributed by atoms with E-state index in [1.807, 2.05) is 0 Å². The van der Waals surface area contributed by atoms with Crippen LogP contribution in [0.2, 0.25) is 0 Å². The minimum atomic E-state index is -5.42. The molecule has 0 aliphatic rings. The van der Waals surface area contributed by atoms with Crippen LogP contribution in [-0.2, 0) is 0 Å². The number of halogens is 9. The number of rotatable bonds is 4. The van der Waals surface area contributed by atoms with Crippen LogP contribution >= 0.6 is 0 Å². The zero-order valence-electron chi connectivity index (χ0n) is 13.7. The minimum absolute atomic E-state index is 0.319. The van der Waals surface area contributed by atoms with Crippen molar-refractivity contribution in [2.45, 2.75) is 19.1 Å². The zero-order chi connectivity index (χ0) is 22.2. The van der Waals surface area contributed by atoms with E-state index in [0.29, 0.717) is 24.3 Å². The molecule has 0 heterocycles. The number of alkyl halides is 9. The van der Waals surface area contributed by atoms with Crippen molar-refractivity contribution in [2.24, 2.45) is 0 Å². The molecule has 29 heavy (non-hydrogen) atoms. The fourth-order valence-corrected chi connectivity index (χ4v) is 2.24. The van der Waals surface area contributed by atoms with Gasteiger partial charge in [-0.1, -0.05) is 0 Å². The fraction of sp³-hybridized carbons (Fsp3) is 0.200. The first-order chi connectivity index (χ1) is 13.0. The third-order valence-electron chi connectivity index (χ3n) is 3.04. The topological polar surface area (TPSA) is 79.7 Å². The second kappa shape index (κ2) is 7.33. The van der Waals surface area contributed by atoms with Crippen LogP contribution in [0, 0.1) is 0 Å². The maximum atomic E-state index is 12.7. The molecule has 0 unspecified atom stereocenters. The molecule has 14 heteroatoms. The summed E-state index contributed by atoms with van der Waals surface area (Å²) in [5.74, 6) is -3.90. The number of anilines is 2. The summed E-state index contributed by atoms with van der Waals surface area (Å²) in [6, 6.07) is 3.09. The van der Waals surface area contributed by atoms with Crippen LogP contribution in [0.5, 0.6) is 17.2 Å². The summed E-state index contributed by atoms with van der Waals surface area (Å²) in [6.45, 7) is 0. The van der Waals surface area contributed by atoms with Crippen molar-refractivity contribution in [2.75, 3.05) is 11.5 Å². The summed E-state index contributed by atoms with van der Waals surface area (Å²) in [5.41, 5.74) is 7.62. The molecule has 2 aromatic rings. The van der Waals surface area contributed by atoms with Gasteiger partial charge >= 0.3 is 19.1 Å². The van der Waals surface area contributed by atoms with Gasteiger partial charge in [0.2, 0.25) is 0 Å². The molecule has 0 saturated heterocycles. The Morgan fingerprint density at radius 3 is 1.34 bits per heavy atom. The lowest BCUT2D eigenvalue weighted by molar-refractivity contribution is -0.277. The highest BCUT2D eigenvalue weighted by Gasteiger charge is 2.38. The van der Waals surface area contributed by atoms with Gasteiger partial charge < -0.3 is 25.7 Å². The lowest BCUT2D eigenvalue weighted by atomic mass is 10.0. The summed E-state index contributed by atoms with van der Waals surface area (Å²) in [4.78, 5) is 0. The lowest BCUT2D eigenvalue weighted by Gasteiger charge is -2.21. The Kier molecular flexibility index (Phi) is 5.59. The molecule has 5 nitrogen and oxygen atoms in total. The molecule has 160 valence electrons. The van der Waals surface area contributed by atoms with Gasteiger partial charge in [0, 0.05) is 35.1 Å². The standard InChI is InChI=1S/C15H9F9N2O3/c16-13(17,18)27-9-3-6(25)1-2-8(9)12-10(28-14(19,20)21)4-7(26)5-11(12)29-15(22,23)24/h1-5H,25-26H2. The van der Waals surface area contributed by atoms with Crippen molar-refractivity contribution >= 4 is 11.4 Å². The molecule has 0 radical (unpaired) electrons. The zero-order valence-corrected chi connectivity index (χ0v) is 13.7. The van der Waals surface area contributed by atoms with E-state index in [0.717, 1.165) is 6.07 Å². The summed E-state index contributed by atoms with van der Waals surface area (Å²) in [5, 5.41) is 0. The summed E-state index contributed by atoms with van der Waals surface area (Å²) >= 11 is 0. The molecule has 0 fully saturated rings. The van der Waals surface area contributed by atoms with Crippen LogP contribution in [0.3, 0.4) is 0 Å². The second-order valence-corrected chi connectivity index (χ2v) is 5.29. The average Bonchev–Trinajstić information content (AvgIpc) is 2.43. The third kappa shape index (κ3) is 6.43. The molecule has 0 aliphatic heterocycles. The number of ether oxygens (including phenoxy) is 3. The van der Waals surface area contributed by atoms with Gasteiger partial charge in [-0.25, -0.2) is 0 Å². The van der Waals surface area contributed by atoms with E-state index in [2.05, 4.69) is 14.2 Å². The smallest absolute Gasteiger partial charge is 0.405 e. The molecule has 0 aliphatic carbocycles. The SMILES string of the molecule is Nc1ccc(-c2c(OC(F)(F)F)cc(N)cc2OC(F)(F)F)c(OC(F)(F)F)c1. The maximum Gasteiger partial charge on any atom is 0.573 e. The predicted molar refractivity (Wildman–Crippen MR) is 80.8 cm³/mol. The quantitative estimate of drug-likeness (QED) is 0.508. The minimum Gasteiger partial charge on any atom is -0.405 e. The first-order valence-corrected chi connectivity index (χ1v) is 7.15. The van der Waals surface area contributed by atoms with Crippen LogP contribution in [-0.4, -0.2) is 19.1 Å². The Hall–Kier alpha value is -3.19. The number of nitrogen functional groups attached to an aromatic ring is 2. The van der Waals surface area contributed by atoms with Crippen molar-refractivity contribution in [3.05, 3.63) is 30.3 Å². The highest BCUT2D eigenvalue weighted by atomic mass is 19.4. The van der Waals surface area contributed by atoms with Crippen molar-refractivity contribution in [3.8, 4) is 28.4 Å². The highest BCUT2D eigenvalue weighted by molar-refractivity contribution is 5.84. The predicted octanol–water partition coefficient (Wildman–Crippen LogP) is 5.21. The molecule has 0 amide bonds. The Bertz CT molecular complexity index is 855. The largest absolute Gasteiger partial charge is 0.573 e. The molecule has 0 saturated carbocycles. The Balaban J connectivity index is 2.81. The monoisotopic (exact) mass is 436 g/mol. The second-order valence-electron chi connectivity index (χ2n) is 5.29. The van der Waals surface area contributed by atoms with Gasteiger partial charge in [0.15, 0.2) is 0 Å². The van der Waals surface area contributed by atoms with E-state index < -0.39 is 53.1 Å². The van der Waals surface area contributed by atoms with E-state index in [1.54, 1.807) is 0 Å². The van der Waals surface area contributed by atoms with E-state index in [9.17, 15) is 39.5 Å². The van der Waals surface area contributed by atoms with Crippen LogP contribution in [0.4, 0.5) is 50.9 Å². The van der Waals surface area contributed by atoms with Crippen LogP contribution in [0.1, 0.15) is 0 Å². The normalized spacial score (nSPS) is 12.6. The van der Waals surface area contributed by atoms with Crippen molar-refractivity contribution in [3.63, 3.8) is 0 Å². The fourth-order valence-electron chi connectivity index (χ4n) is 2.24. The number of hydrogen-bond acceptors (Lipinski definition) is 5. The van der Waals surface area contributed by atoms with Gasteiger partial charge in [-0.15, -0.1) is 39.5 Å². The summed E-state index contributed by atoms with van der Waals surface area (Å²) < 4.78 is 125. The molecule has 2 rings (SSSR count). The van der Waals surface area contributed by atoms with Crippen LogP contribution in [0.15, 0.2) is 30.3 Å². The molecular weight excluding hydrogens is 427 g/mol. The molecule has 0 aromatic heterocycles. The van der Waals surface area contributed by atoms with Crippen molar-refractivity contribution < 1.29 is 53.7 Å². The van der Waals surface area contributed by atoms with E-state index in [4.69, 9.17) is 11.5 Å². The first-order valence-electron chi connectivity index (χ1n) is 7.15. The maximum absolute atomic E-state index is 12.7. The summed E-state index contributed by atoms with van der Waals surface area (Å²) in [7, 11) is 0. The van der Waals surface area contributed by atoms with Crippen LogP contribution < -0.4 is 25.7 Å². The number of benzene rings is 2. The van der Waals surface area contributed by atoms with Crippen molar-refractivity contribution in [1.82, 2.24) is 0 Å². The molecule has 4 N–H and O–H groups in total. The molecular formula is C15H9F9N2O3. The first kappa shape index (κ1) is 22.1. The van der Waals surface area contributed by atoms with Crippen molar-refractivity contribution in [1.29, 1.82) is 0 Å². The number of nitrogens with two attached hydrogens (primary N) is 2. The van der Waals surface area contributed by atoms with E-state index in [-0.39, 0.29) is 5.69 Å². The van der Waals surface area contributed by atoms with Crippen LogP contribution in [0.25, 0.3) is 11.1 Å². The number of hydrogen-bond donors (Lipinski definition) is 2. The van der Waals surface area contributed by atoms with E-state index >= 15 is 0 Å².